The molecule has 0 saturated heterocycles. The Kier molecular flexibility index (Phi) is 4.59. The van der Waals surface area contributed by atoms with E-state index in [4.69, 9.17) is 4.74 Å². The highest BCUT2D eigenvalue weighted by Gasteiger charge is 2.16. The lowest BCUT2D eigenvalue weighted by atomic mass is 10.1. The van der Waals surface area contributed by atoms with Crippen LogP contribution >= 0.6 is 11.3 Å². The molecule has 0 unspecified atom stereocenters. The Morgan fingerprint density at radius 1 is 1.29 bits per heavy atom. The van der Waals surface area contributed by atoms with E-state index < -0.39 is 9.84 Å². The van der Waals surface area contributed by atoms with E-state index in [1.165, 1.54) is 42.7 Å². The Hall–Kier alpha value is -1.92. The first-order valence-corrected chi connectivity index (χ1v) is 8.83. The third-order valence-corrected chi connectivity index (χ3v) is 4.76. The predicted octanol–water partition coefficient (Wildman–Crippen LogP) is 3.06. The highest BCUT2D eigenvalue weighted by Crippen LogP contribution is 2.25. The van der Waals surface area contributed by atoms with Crippen molar-refractivity contribution in [3.8, 4) is 5.75 Å². The Bertz CT molecular complexity index is 772. The van der Waals surface area contributed by atoms with E-state index in [9.17, 15) is 13.2 Å². The second-order valence-corrected chi connectivity index (χ2v) is 7.31. The van der Waals surface area contributed by atoms with E-state index in [0.29, 0.717) is 5.56 Å². The zero-order chi connectivity index (χ0) is 15.5. The monoisotopic (exact) mass is 322 g/mol. The molecule has 6 heteroatoms. The molecule has 0 aliphatic carbocycles. The second kappa shape index (κ2) is 6.24. The van der Waals surface area contributed by atoms with Crippen molar-refractivity contribution in [2.75, 3.05) is 13.4 Å². The molecule has 0 saturated carbocycles. The summed E-state index contributed by atoms with van der Waals surface area (Å²) in [6.45, 7) is 0. The Morgan fingerprint density at radius 2 is 2.05 bits per heavy atom. The van der Waals surface area contributed by atoms with Crippen molar-refractivity contribution in [2.45, 2.75) is 4.90 Å². The van der Waals surface area contributed by atoms with Gasteiger partial charge in [0, 0.05) is 16.7 Å². The zero-order valence-electron chi connectivity index (χ0n) is 11.6. The van der Waals surface area contributed by atoms with Crippen molar-refractivity contribution in [3.63, 3.8) is 0 Å². The summed E-state index contributed by atoms with van der Waals surface area (Å²) < 4.78 is 28.3. The largest absolute Gasteiger partial charge is 0.495 e. The molecule has 4 nitrogen and oxygen atoms in total. The van der Waals surface area contributed by atoms with Crippen LogP contribution < -0.4 is 4.74 Å². The first kappa shape index (κ1) is 15.5. The van der Waals surface area contributed by atoms with Crippen molar-refractivity contribution in [3.05, 3.63) is 52.2 Å². The number of carbonyl (C=O) groups is 1. The fourth-order valence-corrected chi connectivity index (χ4v) is 3.21. The molecule has 1 aromatic heterocycles. The number of methoxy groups -OCH3 is 1. The summed E-state index contributed by atoms with van der Waals surface area (Å²) in [5, 5.41) is 1.92. The van der Waals surface area contributed by atoms with Crippen LogP contribution in [0.2, 0.25) is 0 Å². The molecule has 0 amide bonds. The molecule has 0 aliphatic rings. The molecule has 21 heavy (non-hydrogen) atoms. The van der Waals surface area contributed by atoms with Crippen LogP contribution in [-0.2, 0) is 9.84 Å². The summed E-state index contributed by atoms with van der Waals surface area (Å²) >= 11 is 1.53. The van der Waals surface area contributed by atoms with Crippen LogP contribution in [0.3, 0.4) is 0 Å². The molecule has 0 aliphatic heterocycles. The van der Waals surface area contributed by atoms with E-state index in [1.54, 1.807) is 6.08 Å². The lowest BCUT2D eigenvalue weighted by Gasteiger charge is -2.07. The first-order chi connectivity index (χ1) is 9.91. The van der Waals surface area contributed by atoms with Gasteiger partial charge in [-0.15, -0.1) is 11.3 Å². The molecule has 0 bridgehead atoms. The van der Waals surface area contributed by atoms with Crippen LogP contribution in [-0.4, -0.2) is 27.6 Å². The number of hydrogen-bond donors (Lipinski definition) is 0. The number of rotatable bonds is 5. The highest BCUT2D eigenvalue weighted by atomic mass is 32.2. The molecular formula is C15H14O4S2. The minimum atomic E-state index is -3.39. The van der Waals surface area contributed by atoms with Crippen molar-refractivity contribution in [1.29, 1.82) is 0 Å². The smallest absolute Gasteiger partial charge is 0.186 e. The van der Waals surface area contributed by atoms with E-state index in [-0.39, 0.29) is 16.4 Å². The summed E-state index contributed by atoms with van der Waals surface area (Å²) in [4.78, 5) is 13.1. The predicted molar refractivity (Wildman–Crippen MR) is 83.8 cm³/mol. The molecular weight excluding hydrogens is 308 g/mol. The maximum atomic E-state index is 12.1. The molecule has 1 heterocycles. The second-order valence-electron chi connectivity index (χ2n) is 4.35. The van der Waals surface area contributed by atoms with Gasteiger partial charge in [-0.1, -0.05) is 6.07 Å². The van der Waals surface area contributed by atoms with Gasteiger partial charge in [-0.2, -0.15) is 0 Å². The molecule has 110 valence electrons. The van der Waals surface area contributed by atoms with Crippen LogP contribution in [0.25, 0.3) is 6.08 Å². The molecule has 0 N–H and O–H groups in total. The van der Waals surface area contributed by atoms with Gasteiger partial charge < -0.3 is 4.74 Å². The van der Waals surface area contributed by atoms with E-state index >= 15 is 0 Å². The Morgan fingerprint density at radius 3 is 2.62 bits per heavy atom. The van der Waals surface area contributed by atoms with Gasteiger partial charge in [-0.25, -0.2) is 8.42 Å². The highest BCUT2D eigenvalue weighted by molar-refractivity contribution is 7.90. The summed E-state index contributed by atoms with van der Waals surface area (Å²) in [5.41, 5.74) is 0.382. The fourth-order valence-electron chi connectivity index (χ4n) is 1.77. The molecule has 0 atom stereocenters. The van der Waals surface area contributed by atoms with Crippen molar-refractivity contribution < 1.29 is 17.9 Å². The minimum absolute atomic E-state index is 0.0730. The van der Waals surface area contributed by atoms with Gasteiger partial charge >= 0.3 is 0 Å². The zero-order valence-corrected chi connectivity index (χ0v) is 13.2. The maximum absolute atomic E-state index is 12.1. The van der Waals surface area contributed by atoms with Crippen molar-refractivity contribution >= 4 is 33.0 Å². The summed E-state index contributed by atoms with van der Waals surface area (Å²) in [6.07, 6.45) is 4.29. The van der Waals surface area contributed by atoms with Crippen LogP contribution in [0.15, 0.2) is 46.7 Å². The van der Waals surface area contributed by atoms with Gasteiger partial charge in [-0.05, 0) is 41.8 Å². The molecule has 0 fully saturated rings. The van der Waals surface area contributed by atoms with Crippen molar-refractivity contribution in [1.82, 2.24) is 0 Å². The first-order valence-electron chi connectivity index (χ1n) is 6.06. The topological polar surface area (TPSA) is 60.4 Å². The number of benzene rings is 1. The summed E-state index contributed by atoms with van der Waals surface area (Å²) in [5.74, 6) is -0.0328. The number of thiophene rings is 1. The number of carbonyl (C=O) groups excluding carboxylic acids is 1. The summed E-state index contributed by atoms with van der Waals surface area (Å²) in [7, 11) is -2.01. The number of sulfone groups is 1. The van der Waals surface area contributed by atoms with Crippen LogP contribution in [0.5, 0.6) is 5.75 Å². The van der Waals surface area contributed by atoms with Crippen molar-refractivity contribution in [2.24, 2.45) is 0 Å². The third kappa shape index (κ3) is 3.80. The third-order valence-electron chi connectivity index (χ3n) is 2.79. The normalized spacial score (nSPS) is 11.7. The number of ether oxygens (including phenoxy) is 1. The molecule has 2 aromatic rings. The molecule has 2 rings (SSSR count). The van der Waals surface area contributed by atoms with Crippen LogP contribution in [0.1, 0.15) is 15.2 Å². The van der Waals surface area contributed by atoms with E-state index in [0.717, 1.165) is 11.1 Å². The van der Waals surface area contributed by atoms with Gasteiger partial charge in [0.25, 0.3) is 0 Å². The quantitative estimate of drug-likeness (QED) is 0.627. The van der Waals surface area contributed by atoms with E-state index in [1.807, 2.05) is 17.5 Å². The Balaban J connectivity index is 2.31. The van der Waals surface area contributed by atoms with Crippen LogP contribution in [0, 0.1) is 0 Å². The molecule has 1 aromatic carbocycles. The van der Waals surface area contributed by atoms with E-state index in [2.05, 4.69) is 0 Å². The average molecular weight is 322 g/mol. The fraction of sp³-hybridized carbons (Fsp3) is 0.133. The van der Waals surface area contributed by atoms with Gasteiger partial charge in [-0.3, -0.25) is 4.79 Å². The summed E-state index contributed by atoms with van der Waals surface area (Å²) in [6, 6.07) is 8.12. The van der Waals surface area contributed by atoms with Gasteiger partial charge in [0.15, 0.2) is 15.6 Å². The Labute approximate surface area is 127 Å². The number of hydrogen-bond acceptors (Lipinski definition) is 5. The van der Waals surface area contributed by atoms with Gasteiger partial charge in [0.05, 0.1) is 7.11 Å². The number of allylic oxidation sites excluding steroid dienone is 1. The van der Waals surface area contributed by atoms with Gasteiger partial charge in [0.2, 0.25) is 0 Å². The lowest BCUT2D eigenvalue weighted by molar-refractivity contribution is 0.104. The SMILES string of the molecule is COc1cc(C(=O)/C=C/c2cccs2)ccc1S(C)(=O)=O. The van der Waals surface area contributed by atoms with Gasteiger partial charge in [0.1, 0.15) is 10.6 Å². The molecule has 0 radical (unpaired) electrons. The van der Waals surface area contributed by atoms with Crippen LogP contribution in [0.4, 0.5) is 0 Å². The number of ketones is 1. The maximum Gasteiger partial charge on any atom is 0.186 e. The molecule has 0 spiro atoms. The average Bonchev–Trinajstić information content (AvgIpc) is 2.96. The lowest BCUT2D eigenvalue weighted by Crippen LogP contribution is -2.03. The minimum Gasteiger partial charge on any atom is -0.495 e. The standard InChI is InChI=1S/C15H14O4S2/c1-19-14-10-11(5-8-15(14)21(2,17)18)13(16)7-6-12-4-3-9-20-12/h3-10H,1-2H3/b7-6+.